The monoisotopic (exact) mass is 416 g/mol. The summed E-state index contributed by atoms with van der Waals surface area (Å²) < 4.78 is 11.8. The van der Waals surface area contributed by atoms with Gasteiger partial charge in [-0.05, 0) is 35.8 Å². The second-order valence-corrected chi connectivity index (χ2v) is 8.44. The SMILES string of the molecule is CC.CC(C)(C)C(O)CC(C)(C)C1CCOC(c2ccc(O)c(O)c2)O1.CP. The molecular weight excluding hydrogens is 375 g/mol. The lowest BCUT2D eigenvalue weighted by molar-refractivity contribution is -0.244. The van der Waals surface area contributed by atoms with Gasteiger partial charge >= 0.3 is 0 Å². The van der Waals surface area contributed by atoms with E-state index in [4.69, 9.17) is 9.47 Å². The molecule has 0 amide bonds. The Morgan fingerprint density at radius 3 is 2.14 bits per heavy atom. The Balaban J connectivity index is 0.00000171. The van der Waals surface area contributed by atoms with Crippen molar-refractivity contribution in [2.45, 2.75) is 79.8 Å². The van der Waals surface area contributed by atoms with Gasteiger partial charge in [0.1, 0.15) is 0 Å². The quantitative estimate of drug-likeness (QED) is 0.462. The zero-order chi connectivity index (χ0) is 22.1. The van der Waals surface area contributed by atoms with Crippen LogP contribution in [0.2, 0.25) is 0 Å². The summed E-state index contributed by atoms with van der Waals surface area (Å²) in [6.07, 6.45) is 0.319. The Bertz CT molecular complexity index is 569. The van der Waals surface area contributed by atoms with Gasteiger partial charge in [0.2, 0.25) is 0 Å². The van der Waals surface area contributed by atoms with Crippen LogP contribution in [0.3, 0.4) is 0 Å². The molecule has 0 radical (unpaired) electrons. The van der Waals surface area contributed by atoms with Crippen LogP contribution >= 0.6 is 9.24 Å². The first-order valence-electron chi connectivity index (χ1n) is 10.1. The Hall–Kier alpha value is -0.870. The van der Waals surface area contributed by atoms with Gasteiger partial charge in [0.05, 0.1) is 18.8 Å². The van der Waals surface area contributed by atoms with Crippen LogP contribution < -0.4 is 0 Å². The van der Waals surface area contributed by atoms with Gasteiger partial charge < -0.3 is 24.8 Å². The van der Waals surface area contributed by atoms with E-state index in [-0.39, 0.29) is 28.4 Å². The van der Waals surface area contributed by atoms with Crippen molar-refractivity contribution >= 4 is 9.24 Å². The molecule has 1 saturated heterocycles. The van der Waals surface area contributed by atoms with Gasteiger partial charge in [0, 0.05) is 5.56 Å². The summed E-state index contributed by atoms with van der Waals surface area (Å²) in [4.78, 5) is 0. The van der Waals surface area contributed by atoms with E-state index in [1.807, 2.05) is 41.3 Å². The summed E-state index contributed by atoms with van der Waals surface area (Å²) in [5.74, 6) is -0.357. The molecule has 1 aromatic carbocycles. The van der Waals surface area contributed by atoms with Crippen LogP contribution in [-0.2, 0) is 9.47 Å². The Kier molecular flexibility index (Phi) is 11.6. The molecule has 0 aliphatic carbocycles. The van der Waals surface area contributed by atoms with E-state index < -0.39 is 12.4 Å². The first-order valence-corrected chi connectivity index (χ1v) is 11.2. The molecule has 0 bridgehead atoms. The lowest BCUT2D eigenvalue weighted by Gasteiger charge is -2.42. The molecule has 1 fully saturated rings. The predicted molar refractivity (Wildman–Crippen MR) is 119 cm³/mol. The lowest BCUT2D eigenvalue weighted by atomic mass is 9.74. The maximum absolute atomic E-state index is 10.5. The number of hydrogen-bond acceptors (Lipinski definition) is 5. The second-order valence-electron chi connectivity index (χ2n) is 8.44. The molecule has 0 aromatic heterocycles. The fraction of sp³-hybridized carbons (Fsp3) is 0.727. The summed E-state index contributed by atoms with van der Waals surface area (Å²) in [7, 11) is 2.42. The third kappa shape index (κ3) is 7.87. The summed E-state index contributed by atoms with van der Waals surface area (Å²) in [5, 5.41) is 29.6. The Morgan fingerprint density at radius 2 is 1.64 bits per heavy atom. The largest absolute Gasteiger partial charge is 0.504 e. The zero-order valence-electron chi connectivity index (χ0n) is 18.8. The van der Waals surface area contributed by atoms with Crippen molar-refractivity contribution in [3.05, 3.63) is 23.8 Å². The minimum Gasteiger partial charge on any atom is -0.504 e. The first-order chi connectivity index (χ1) is 13.0. The van der Waals surface area contributed by atoms with Crippen LogP contribution in [0.4, 0.5) is 0 Å². The van der Waals surface area contributed by atoms with Crippen LogP contribution in [0.25, 0.3) is 0 Å². The molecule has 1 aromatic rings. The number of aromatic hydroxyl groups is 2. The van der Waals surface area contributed by atoms with Gasteiger partial charge in [-0.25, -0.2) is 0 Å². The second kappa shape index (κ2) is 12.0. The molecule has 4 atom stereocenters. The van der Waals surface area contributed by atoms with Gasteiger partial charge in [-0.1, -0.05) is 61.2 Å². The van der Waals surface area contributed by atoms with Crippen LogP contribution in [0.5, 0.6) is 11.5 Å². The topological polar surface area (TPSA) is 79.2 Å². The number of phenols is 2. The minimum atomic E-state index is -0.582. The standard InChI is InChI=1S/C19H30O5.C2H6.CH5P/c1-18(2,3)15(22)11-19(4,5)16-8-9-23-17(24-16)12-6-7-13(20)14(21)10-12;2*1-2/h6-7,10,15-17,20-22H,8-9,11H2,1-5H3;1-2H3;2H2,1H3. The third-order valence-corrected chi connectivity index (χ3v) is 4.80. The third-order valence-electron chi connectivity index (χ3n) is 4.80. The van der Waals surface area contributed by atoms with Crippen molar-refractivity contribution < 1.29 is 24.8 Å². The van der Waals surface area contributed by atoms with Gasteiger partial charge in [0.25, 0.3) is 0 Å². The van der Waals surface area contributed by atoms with E-state index >= 15 is 0 Å². The number of ether oxygens (including phenoxy) is 2. The highest BCUT2D eigenvalue weighted by atomic mass is 31.0. The van der Waals surface area contributed by atoms with Crippen LogP contribution in [-0.4, -0.2) is 40.8 Å². The van der Waals surface area contributed by atoms with E-state index in [1.165, 1.54) is 12.1 Å². The summed E-state index contributed by atoms with van der Waals surface area (Å²) in [6.45, 7) is 16.8. The average molecular weight is 417 g/mol. The number of aliphatic hydroxyl groups is 1. The fourth-order valence-electron chi connectivity index (χ4n) is 2.91. The molecule has 5 nitrogen and oxygen atoms in total. The molecule has 2 rings (SSSR count). The fourth-order valence-corrected chi connectivity index (χ4v) is 2.91. The highest BCUT2D eigenvalue weighted by Gasteiger charge is 2.39. The highest BCUT2D eigenvalue weighted by molar-refractivity contribution is 7.15. The van der Waals surface area contributed by atoms with Crippen molar-refractivity contribution in [3.8, 4) is 11.5 Å². The number of benzene rings is 1. The van der Waals surface area contributed by atoms with E-state index in [9.17, 15) is 15.3 Å². The molecule has 1 aliphatic rings. The van der Waals surface area contributed by atoms with Crippen LogP contribution in [0.1, 0.15) is 73.2 Å². The summed E-state index contributed by atoms with van der Waals surface area (Å²) >= 11 is 0. The van der Waals surface area contributed by atoms with E-state index in [0.29, 0.717) is 18.6 Å². The first kappa shape index (κ1) is 27.1. The van der Waals surface area contributed by atoms with E-state index in [2.05, 4.69) is 23.1 Å². The maximum Gasteiger partial charge on any atom is 0.184 e. The molecule has 164 valence electrons. The summed E-state index contributed by atoms with van der Waals surface area (Å²) in [5.41, 5.74) is 0.278. The van der Waals surface area contributed by atoms with Gasteiger partial charge in [-0.3, -0.25) is 0 Å². The smallest absolute Gasteiger partial charge is 0.184 e. The molecule has 0 spiro atoms. The Morgan fingerprint density at radius 1 is 1.07 bits per heavy atom. The van der Waals surface area contributed by atoms with Crippen molar-refractivity contribution in [2.75, 3.05) is 13.3 Å². The number of phenolic OH excluding ortho intramolecular Hbond substituents is 2. The van der Waals surface area contributed by atoms with Crippen molar-refractivity contribution in [2.24, 2.45) is 10.8 Å². The molecule has 3 N–H and O–H groups in total. The highest BCUT2D eigenvalue weighted by Crippen LogP contribution is 2.41. The van der Waals surface area contributed by atoms with Gasteiger partial charge in [0.15, 0.2) is 17.8 Å². The van der Waals surface area contributed by atoms with Crippen molar-refractivity contribution in [1.29, 1.82) is 0 Å². The lowest BCUT2D eigenvalue weighted by Crippen LogP contribution is -2.42. The predicted octanol–water partition coefficient (Wildman–Crippen LogP) is 5.24. The molecule has 6 heteroatoms. The molecule has 28 heavy (non-hydrogen) atoms. The van der Waals surface area contributed by atoms with Crippen molar-refractivity contribution in [1.82, 2.24) is 0 Å². The van der Waals surface area contributed by atoms with Crippen LogP contribution in [0.15, 0.2) is 18.2 Å². The maximum atomic E-state index is 10.5. The molecular formula is C22H41O5P. The average Bonchev–Trinajstić information content (AvgIpc) is 2.66. The van der Waals surface area contributed by atoms with Gasteiger partial charge in [-0.2, -0.15) is 0 Å². The zero-order valence-corrected chi connectivity index (χ0v) is 20.0. The molecule has 1 aliphatic heterocycles. The van der Waals surface area contributed by atoms with Crippen molar-refractivity contribution in [3.63, 3.8) is 0 Å². The molecule has 4 unspecified atom stereocenters. The number of hydrogen-bond donors (Lipinski definition) is 3. The Labute approximate surface area is 173 Å². The van der Waals surface area contributed by atoms with Gasteiger partial charge in [-0.15, -0.1) is 9.24 Å². The van der Waals surface area contributed by atoms with E-state index in [1.54, 1.807) is 6.07 Å². The summed E-state index contributed by atoms with van der Waals surface area (Å²) in [6, 6.07) is 4.56. The minimum absolute atomic E-state index is 0.0656. The van der Waals surface area contributed by atoms with Crippen LogP contribution in [0, 0.1) is 10.8 Å². The van der Waals surface area contributed by atoms with E-state index in [0.717, 1.165) is 6.42 Å². The molecule has 1 heterocycles. The normalized spacial score (nSPS) is 20.9. The number of rotatable bonds is 4. The molecule has 0 saturated carbocycles. The number of aliphatic hydroxyl groups excluding tert-OH is 1.